The summed E-state index contributed by atoms with van der Waals surface area (Å²) >= 11 is 1.61. The second kappa shape index (κ2) is 6.46. The van der Waals surface area contributed by atoms with Gasteiger partial charge in [-0.2, -0.15) is 0 Å². The van der Waals surface area contributed by atoms with Crippen LogP contribution in [0.1, 0.15) is 12.0 Å². The average molecular weight is 370 g/mol. The summed E-state index contributed by atoms with van der Waals surface area (Å²) in [5, 5.41) is -0.117. The molecule has 2 aromatic carbocycles. The van der Waals surface area contributed by atoms with Crippen LogP contribution in [0.25, 0.3) is 0 Å². The van der Waals surface area contributed by atoms with E-state index in [1.54, 1.807) is 11.8 Å². The first-order valence-corrected chi connectivity index (χ1v) is 10.2. The zero-order valence-corrected chi connectivity index (χ0v) is 15.4. The molecule has 4 atom stereocenters. The van der Waals surface area contributed by atoms with Crippen LogP contribution in [-0.2, 0) is 20.3 Å². The fourth-order valence-corrected chi connectivity index (χ4v) is 6.45. The first-order chi connectivity index (χ1) is 12.1. The molecule has 3 nitrogen and oxygen atoms in total. The lowest BCUT2D eigenvalue weighted by Crippen LogP contribution is -2.59. The predicted molar refractivity (Wildman–Crippen MR) is 100 cm³/mol. The van der Waals surface area contributed by atoms with Crippen LogP contribution < -0.4 is 0 Å². The van der Waals surface area contributed by atoms with Crippen LogP contribution in [0.2, 0.25) is 0 Å². The zero-order valence-electron chi connectivity index (χ0n) is 13.8. The molecule has 1 unspecified atom stereocenters. The van der Waals surface area contributed by atoms with E-state index >= 15 is 0 Å². The van der Waals surface area contributed by atoms with E-state index in [0.29, 0.717) is 11.3 Å². The predicted octanol–water partition coefficient (Wildman–Crippen LogP) is 3.89. The number of hydrogen-bond acceptors (Lipinski definition) is 4. The maximum absolute atomic E-state index is 13.4. The van der Waals surface area contributed by atoms with Crippen LogP contribution in [-0.4, -0.2) is 26.3 Å². The normalized spacial score (nSPS) is 28.6. The number of rotatable bonds is 4. The van der Waals surface area contributed by atoms with E-state index in [-0.39, 0.29) is 17.3 Å². The molecule has 1 aliphatic carbocycles. The van der Waals surface area contributed by atoms with Gasteiger partial charge in [0.25, 0.3) is 0 Å². The van der Waals surface area contributed by atoms with Gasteiger partial charge in [-0.1, -0.05) is 42.0 Å². The van der Waals surface area contributed by atoms with E-state index < -0.39 is 15.5 Å². The smallest absolute Gasteiger partial charge is 0.330 e. The van der Waals surface area contributed by atoms with E-state index in [1.807, 2.05) is 73.7 Å². The number of hydrogen-bond donors (Lipinski definition) is 0. The Labute approximate surface area is 153 Å². The van der Waals surface area contributed by atoms with Gasteiger partial charge in [0.1, 0.15) is 6.10 Å². The summed E-state index contributed by atoms with van der Waals surface area (Å²) in [6.07, 6.45) is 4.17. The molecule has 5 rings (SSSR count). The molecule has 1 fully saturated rings. The lowest BCUT2D eigenvalue weighted by atomic mass is 9.89. The summed E-state index contributed by atoms with van der Waals surface area (Å²) in [6.45, 7) is 1.99. The number of thioether (sulfide) groups is 1. The second-order valence-electron chi connectivity index (χ2n) is 6.33. The highest BCUT2D eigenvalue weighted by molar-refractivity contribution is 8.01. The Bertz CT molecular complexity index is 845. The van der Waals surface area contributed by atoms with Crippen LogP contribution in [0.4, 0.5) is 0 Å². The SMILES string of the molecule is Cc1ccc(S(=O)[C@@]23C=C[C@@H](C[C@H]2Sc2ccccc2)OC3=O)cc1. The molecular formula is C20H18O3S2. The van der Waals surface area contributed by atoms with Crippen molar-refractivity contribution in [3.63, 3.8) is 0 Å². The number of carbonyl (C=O) groups excluding carboxylic acids is 1. The minimum absolute atomic E-state index is 0.117. The monoisotopic (exact) mass is 370 g/mol. The van der Waals surface area contributed by atoms with Gasteiger partial charge in [-0.3, -0.25) is 9.00 Å². The lowest BCUT2D eigenvalue weighted by Gasteiger charge is -2.44. The quantitative estimate of drug-likeness (QED) is 0.605. The highest BCUT2D eigenvalue weighted by Gasteiger charge is 2.58. The Morgan fingerprint density at radius 1 is 1.12 bits per heavy atom. The molecule has 3 aliphatic rings. The number of benzene rings is 2. The van der Waals surface area contributed by atoms with Crippen molar-refractivity contribution in [1.82, 2.24) is 0 Å². The molecule has 0 spiro atoms. The van der Waals surface area contributed by atoms with Gasteiger partial charge in [-0.25, -0.2) is 0 Å². The standard InChI is InChI=1S/C20H18O3S2/c1-14-7-9-17(10-8-14)25(22)20-12-11-15(23-19(20)21)13-18(20)24-16-5-3-2-4-6-16/h2-12,15,18H,13H2,1H3/t15-,18+,20-,25?/m0/s1. The summed E-state index contributed by atoms with van der Waals surface area (Å²) < 4.78 is 17.8. The number of aryl methyl sites for hydroxylation is 1. The molecule has 2 aromatic rings. The van der Waals surface area contributed by atoms with Crippen molar-refractivity contribution in [2.75, 3.05) is 0 Å². The van der Waals surface area contributed by atoms with Crippen LogP contribution in [0.15, 0.2) is 76.5 Å². The third kappa shape index (κ3) is 2.85. The van der Waals surface area contributed by atoms with Gasteiger partial charge in [-0.05, 0) is 37.3 Å². The van der Waals surface area contributed by atoms with Crippen molar-refractivity contribution in [3.8, 4) is 0 Å². The van der Waals surface area contributed by atoms with Crippen molar-refractivity contribution in [2.24, 2.45) is 0 Å². The van der Waals surface area contributed by atoms with Crippen LogP contribution >= 0.6 is 11.8 Å². The molecule has 0 N–H and O–H groups in total. The lowest BCUT2D eigenvalue weighted by molar-refractivity contribution is -0.154. The van der Waals surface area contributed by atoms with Crippen molar-refractivity contribution in [2.45, 2.75) is 39.2 Å². The van der Waals surface area contributed by atoms with E-state index in [1.165, 1.54) is 0 Å². The van der Waals surface area contributed by atoms with E-state index in [4.69, 9.17) is 4.74 Å². The third-order valence-electron chi connectivity index (χ3n) is 4.62. The van der Waals surface area contributed by atoms with Crippen molar-refractivity contribution in [3.05, 3.63) is 72.3 Å². The molecule has 2 bridgehead atoms. The fraction of sp³-hybridized carbons (Fsp3) is 0.250. The van der Waals surface area contributed by atoms with E-state index in [0.717, 1.165) is 10.5 Å². The molecule has 0 aromatic heterocycles. The van der Waals surface area contributed by atoms with Crippen molar-refractivity contribution < 1.29 is 13.7 Å². The van der Waals surface area contributed by atoms with Crippen LogP contribution in [0, 0.1) is 6.92 Å². The molecule has 0 radical (unpaired) electrons. The van der Waals surface area contributed by atoms with Gasteiger partial charge >= 0.3 is 5.97 Å². The number of fused-ring (bicyclic) bond motifs is 2. The topological polar surface area (TPSA) is 43.4 Å². The minimum Gasteiger partial charge on any atom is -0.457 e. The van der Waals surface area contributed by atoms with E-state index in [2.05, 4.69) is 0 Å². The molecule has 2 heterocycles. The Morgan fingerprint density at radius 3 is 2.52 bits per heavy atom. The summed E-state index contributed by atoms with van der Waals surface area (Å²) in [5.41, 5.74) is 1.10. The Balaban J connectivity index is 1.74. The third-order valence-corrected chi connectivity index (χ3v) is 8.07. The summed E-state index contributed by atoms with van der Waals surface area (Å²) in [4.78, 5) is 14.5. The molecular weight excluding hydrogens is 352 g/mol. The van der Waals surface area contributed by atoms with Gasteiger partial charge < -0.3 is 4.74 Å². The molecule has 5 heteroatoms. The highest BCUT2D eigenvalue weighted by Crippen LogP contribution is 2.47. The fourth-order valence-electron chi connectivity index (χ4n) is 3.25. The molecule has 25 heavy (non-hydrogen) atoms. The summed E-state index contributed by atoms with van der Waals surface area (Å²) in [5.74, 6) is -0.376. The largest absolute Gasteiger partial charge is 0.457 e. The molecule has 128 valence electrons. The highest BCUT2D eigenvalue weighted by atomic mass is 32.2. The van der Waals surface area contributed by atoms with Gasteiger partial charge in [0.15, 0.2) is 4.75 Å². The number of carbonyl (C=O) groups is 1. The van der Waals surface area contributed by atoms with Crippen molar-refractivity contribution in [1.29, 1.82) is 0 Å². The number of ether oxygens (including phenoxy) is 1. The summed E-state index contributed by atoms with van der Waals surface area (Å²) in [7, 11) is -1.51. The second-order valence-corrected chi connectivity index (χ2v) is 9.29. The molecule has 0 amide bonds. The van der Waals surface area contributed by atoms with Crippen molar-refractivity contribution >= 4 is 28.5 Å². The van der Waals surface area contributed by atoms with Gasteiger partial charge in [0.05, 0.1) is 10.8 Å². The van der Waals surface area contributed by atoms with Gasteiger partial charge in [0.2, 0.25) is 0 Å². The first kappa shape index (κ1) is 16.6. The Kier molecular flexibility index (Phi) is 4.29. The van der Waals surface area contributed by atoms with Gasteiger partial charge in [0, 0.05) is 21.5 Å². The molecule has 1 saturated heterocycles. The molecule has 2 aliphatic heterocycles. The van der Waals surface area contributed by atoms with Gasteiger partial charge in [-0.15, -0.1) is 11.8 Å². The minimum atomic E-state index is -1.51. The number of esters is 1. The average Bonchev–Trinajstić information content (AvgIpc) is 2.63. The molecule has 0 saturated carbocycles. The van der Waals surface area contributed by atoms with Crippen LogP contribution in [0.3, 0.4) is 0 Å². The maximum Gasteiger partial charge on any atom is 0.330 e. The summed E-state index contributed by atoms with van der Waals surface area (Å²) in [6, 6.07) is 17.5. The first-order valence-electron chi connectivity index (χ1n) is 8.20. The maximum atomic E-state index is 13.4. The Hall–Kier alpha value is -1.85. The zero-order chi connectivity index (χ0) is 17.4. The Morgan fingerprint density at radius 2 is 1.84 bits per heavy atom. The van der Waals surface area contributed by atoms with E-state index in [9.17, 15) is 9.00 Å². The van der Waals surface area contributed by atoms with Crippen LogP contribution in [0.5, 0.6) is 0 Å².